The van der Waals surface area contributed by atoms with Gasteiger partial charge in [-0.3, -0.25) is 10.1 Å². The van der Waals surface area contributed by atoms with Gasteiger partial charge in [-0.15, -0.1) is 12.6 Å². The van der Waals surface area contributed by atoms with Gasteiger partial charge in [0, 0.05) is 4.90 Å². The Bertz CT molecular complexity index is 447. The fourth-order valence-corrected chi connectivity index (χ4v) is 1.47. The number of hydrogen-bond acceptors (Lipinski definition) is 6. The van der Waals surface area contributed by atoms with Crippen LogP contribution in [0.3, 0.4) is 0 Å². The van der Waals surface area contributed by atoms with E-state index >= 15 is 0 Å². The number of benzene rings is 1. The van der Waals surface area contributed by atoms with Crippen LogP contribution in [0.5, 0.6) is 0 Å². The van der Waals surface area contributed by atoms with Gasteiger partial charge in [0.25, 0.3) is 0 Å². The molecule has 0 aliphatic carbocycles. The molecule has 1 aromatic carbocycles. The molecule has 1 aromatic rings. The lowest BCUT2D eigenvalue weighted by atomic mass is 10.1. The molecule has 0 unspecified atom stereocenters. The molecule has 0 saturated heterocycles. The molecule has 0 heterocycles. The lowest BCUT2D eigenvalue weighted by Gasteiger charge is -2.07. The highest BCUT2D eigenvalue weighted by atomic mass is 32.1. The second kappa shape index (κ2) is 4.84. The van der Waals surface area contributed by atoms with E-state index in [0.717, 1.165) is 0 Å². The average molecular weight is 242 g/mol. The van der Waals surface area contributed by atoms with Crippen LogP contribution in [0, 0.1) is 10.1 Å². The zero-order valence-corrected chi connectivity index (χ0v) is 9.36. The molecule has 0 bridgehead atoms. The third kappa shape index (κ3) is 2.25. The van der Waals surface area contributed by atoms with E-state index in [4.69, 9.17) is 10.5 Å². The predicted molar refractivity (Wildman–Crippen MR) is 60.7 cm³/mol. The van der Waals surface area contributed by atoms with E-state index in [1.165, 1.54) is 12.1 Å². The van der Waals surface area contributed by atoms with E-state index in [9.17, 15) is 14.9 Å². The van der Waals surface area contributed by atoms with Crippen molar-refractivity contribution in [2.75, 3.05) is 12.3 Å². The van der Waals surface area contributed by atoms with Crippen molar-refractivity contribution in [3.8, 4) is 0 Å². The van der Waals surface area contributed by atoms with Gasteiger partial charge in [-0.05, 0) is 19.1 Å². The molecule has 0 radical (unpaired) electrons. The Morgan fingerprint density at radius 3 is 2.75 bits per heavy atom. The van der Waals surface area contributed by atoms with Crippen molar-refractivity contribution in [2.45, 2.75) is 11.8 Å². The van der Waals surface area contributed by atoms with Crippen molar-refractivity contribution < 1.29 is 14.5 Å². The van der Waals surface area contributed by atoms with Gasteiger partial charge in [0.2, 0.25) is 0 Å². The van der Waals surface area contributed by atoms with Crippen LogP contribution in [0.25, 0.3) is 0 Å². The number of nitro benzene ring substituents is 1. The maximum Gasteiger partial charge on any atom is 0.346 e. The minimum atomic E-state index is -0.800. The molecule has 6 nitrogen and oxygen atoms in total. The molecule has 7 heteroatoms. The fraction of sp³-hybridized carbons (Fsp3) is 0.222. The van der Waals surface area contributed by atoms with Crippen LogP contribution in [0.4, 0.5) is 11.4 Å². The summed E-state index contributed by atoms with van der Waals surface area (Å²) in [4.78, 5) is 21.7. The van der Waals surface area contributed by atoms with Crippen LogP contribution in [0.15, 0.2) is 17.0 Å². The first-order valence-electron chi connectivity index (χ1n) is 4.42. The first-order valence-corrected chi connectivity index (χ1v) is 4.86. The molecule has 16 heavy (non-hydrogen) atoms. The highest BCUT2D eigenvalue weighted by Gasteiger charge is 2.27. The van der Waals surface area contributed by atoms with Crippen LogP contribution >= 0.6 is 12.6 Å². The number of nitrogens with two attached hydrogens (primary N) is 1. The number of nitro groups is 1. The van der Waals surface area contributed by atoms with Gasteiger partial charge in [0.15, 0.2) is 5.56 Å². The lowest BCUT2D eigenvalue weighted by Crippen LogP contribution is -2.10. The molecule has 2 N–H and O–H groups in total. The van der Waals surface area contributed by atoms with Crippen LogP contribution in [-0.4, -0.2) is 17.5 Å². The second-order valence-corrected chi connectivity index (χ2v) is 3.36. The summed E-state index contributed by atoms with van der Waals surface area (Å²) in [7, 11) is 0. The minimum absolute atomic E-state index is 0.0918. The van der Waals surface area contributed by atoms with E-state index in [1.807, 2.05) is 0 Å². The number of esters is 1. The molecular weight excluding hydrogens is 232 g/mol. The Balaban J connectivity index is 3.40. The summed E-state index contributed by atoms with van der Waals surface area (Å²) in [6.07, 6.45) is 0. The normalized spacial score (nSPS) is 9.88. The molecule has 0 spiro atoms. The first-order chi connectivity index (χ1) is 7.49. The second-order valence-electron chi connectivity index (χ2n) is 2.88. The Labute approximate surface area is 96.9 Å². The van der Waals surface area contributed by atoms with Crippen molar-refractivity contribution in [1.29, 1.82) is 0 Å². The van der Waals surface area contributed by atoms with Crippen molar-refractivity contribution in [1.82, 2.24) is 0 Å². The molecule has 0 atom stereocenters. The molecule has 0 saturated carbocycles. The molecule has 86 valence electrons. The number of rotatable bonds is 3. The summed E-state index contributed by atoms with van der Waals surface area (Å²) in [5.41, 5.74) is 4.67. The molecule has 1 rings (SSSR count). The minimum Gasteiger partial charge on any atom is -0.462 e. The molecule has 0 aliphatic heterocycles. The van der Waals surface area contributed by atoms with Crippen LogP contribution in [0.2, 0.25) is 0 Å². The molecule has 0 amide bonds. The van der Waals surface area contributed by atoms with Gasteiger partial charge >= 0.3 is 11.7 Å². The zero-order chi connectivity index (χ0) is 12.3. The van der Waals surface area contributed by atoms with Crippen molar-refractivity contribution in [3.63, 3.8) is 0 Å². The average Bonchev–Trinajstić information content (AvgIpc) is 2.20. The summed E-state index contributed by atoms with van der Waals surface area (Å²) in [5.74, 6) is -0.800. The summed E-state index contributed by atoms with van der Waals surface area (Å²) in [6.45, 7) is 1.73. The molecule has 0 fully saturated rings. The number of ether oxygens (including phenoxy) is 1. The quantitative estimate of drug-likeness (QED) is 0.276. The third-order valence-corrected chi connectivity index (χ3v) is 2.22. The number of nitrogen functional groups attached to an aromatic ring is 1. The standard InChI is InChI=1S/C9H10N2O4S/c1-2-15-9(12)7-6(16)4-3-5(10)8(7)11(13)14/h3-4,16H,2,10H2,1H3. The van der Waals surface area contributed by atoms with Gasteiger partial charge in [0.05, 0.1) is 11.5 Å². The zero-order valence-electron chi connectivity index (χ0n) is 8.47. The van der Waals surface area contributed by atoms with E-state index in [1.54, 1.807) is 6.92 Å². The van der Waals surface area contributed by atoms with Gasteiger partial charge in [-0.25, -0.2) is 4.79 Å². The summed E-state index contributed by atoms with van der Waals surface area (Å²) < 4.78 is 4.71. The highest BCUT2D eigenvalue weighted by molar-refractivity contribution is 7.80. The SMILES string of the molecule is CCOC(=O)c1c(S)ccc(N)c1[N+](=O)[O-]. The third-order valence-electron chi connectivity index (χ3n) is 1.85. The van der Waals surface area contributed by atoms with Crippen LogP contribution < -0.4 is 5.73 Å². The molecule has 0 aromatic heterocycles. The van der Waals surface area contributed by atoms with E-state index < -0.39 is 16.6 Å². The van der Waals surface area contributed by atoms with Gasteiger partial charge in [-0.1, -0.05) is 0 Å². The van der Waals surface area contributed by atoms with Crippen LogP contribution in [-0.2, 0) is 4.74 Å². The van der Waals surface area contributed by atoms with Gasteiger partial charge in [0.1, 0.15) is 5.69 Å². The summed E-state index contributed by atoms with van der Waals surface area (Å²) in [5, 5.41) is 10.8. The number of carbonyl (C=O) groups is 1. The van der Waals surface area contributed by atoms with E-state index in [0.29, 0.717) is 0 Å². The number of nitrogens with zero attached hydrogens (tertiary/aromatic N) is 1. The lowest BCUT2D eigenvalue weighted by molar-refractivity contribution is -0.384. The molecular formula is C9H10N2O4S. The van der Waals surface area contributed by atoms with Crippen molar-refractivity contribution in [2.24, 2.45) is 0 Å². The summed E-state index contributed by atoms with van der Waals surface area (Å²) >= 11 is 3.98. The molecule has 0 aliphatic rings. The van der Waals surface area contributed by atoms with Crippen LogP contribution in [0.1, 0.15) is 17.3 Å². The monoisotopic (exact) mass is 242 g/mol. The van der Waals surface area contributed by atoms with E-state index in [2.05, 4.69) is 12.6 Å². The maximum absolute atomic E-state index is 11.5. The predicted octanol–water partition coefficient (Wildman–Crippen LogP) is 1.64. The first kappa shape index (κ1) is 12.3. The number of hydrogen-bond donors (Lipinski definition) is 2. The fourth-order valence-electron chi connectivity index (χ4n) is 1.20. The Kier molecular flexibility index (Phi) is 3.73. The van der Waals surface area contributed by atoms with E-state index in [-0.39, 0.29) is 22.8 Å². The maximum atomic E-state index is 11.5. The number of carbonyl (C=O) groups excluding carboxylic acids is 1. The van der Waals surface area contributed by atoms with Gasteiger partial charge in [-0.2, -0.15) is 0 Å². The Hall–Kier alpha value is -1.76. The number of anilines is 1. The summed E-state index contributed by atoms with van der Waals surface area (Å²) in [6, 6.07) is 2.74. The van der Waals surface area contributed by atoms with Gasteiger partial charge < -0.3 is 10.5 Å². The Morgan fingerprint density at radius 1 is 1.62 bits per heavy atom. The van der Waals surface area contributed by atoms with Crippen molar-refractivity contribution in [3.05, 3.63) is 27.8 Å². The smallest absolute Gasteiger partial charge is 0.346 e. The topological polar surface area (TPSA) is 95.5 Å². The highest BCUT2D eigenvalue weighted by Crippen LogP contribution is 2.31. The number of thiol groups is 1. The Morgan fingerprint density at radius 2 is 2.25 bits per heavy atom. The largest absolute Gasteiger partial charge is 0.462 e. The van der Waals surface area contributed by atoms with Crippen molar-refractivity contribution >= 4 is 30.0 Å².